The second-order valence-electron chi connectivity index (χ2n) is 5.84. The van der Waals surface area contributed by atoms with Crippen LogP contribution in [0.1, 0.15) is 36.0 Å². The molecular weight excluding hydrogens is 327 g/mol. The van der Waals surface area contributed by atoms with Gasteiger partial charge in [0.05, 0.1) is 25.1 Å². The molecule has 2 heterocycles. The number of carbonyl (C=O) groups excluding carboxylic acids is 1. The fourth-order valence-electron chi connectivity index (χ4n) is 2.74. The molecule has 0 aromatic carbocycles. The Morgan fingerprint density at radius 3 is 2.44 bits per heavy atom. The van der Waals surface area contributed by atoms with E-state index in [9.17, 15) is 9.18 Å². The zero-order valence-corrected chi connectivity index (χ0v) is 13.8. The van der Waals surface area contributed by atoms with Crippen molar-refractivity contribution in [3.8, 4) is 11.9 Å². The van der Waals surface area contributed by atoms with Crippen molar-refractivity contribution in [1.29, 1.82) is 0 Å². The maximum absolute atomic E-state index is 12.8. The monoisotopic (exact) mass is 346 g/mol. The lowest BCUT2D eigenvalue weighted by atomic mass is 9.93. The predicted octanol–water partition coefficient (Wildman–Crippen LogP) is 2.14. The van der Waals surface area contributed by atoms with Gasteiger partial charge in [-0.2, -0.15) is 0 Å². The van der Waals surface area contributed by atoms with Crippen LogP contribution < -0.4 is 14.8 Å². The average molecular weight is 346 g/mol. The number of aromatic nitrogens is 3. The number of rotatable bonds is 5. The number of hydrogen-bond donors (Lipinski definition) is 1. The largest absolute Gasteiger partial charge is 0.481 e. The summed E-state index contributed by atoms with van der Waals surface area (Å²) in [5.74, 6) is -0.176. The first kappa shape index (κ1) is 17.1. The van der Waals surface area contributed by atoms with E-state index in [0.29, 0.717) is 11.4 Å². The summed E-state index contributed by atoms with van der Waals surface area (Å²) in [6.45, 7) is 0. The maximum atomic E-state index is 12.8. The van der Waals surface area contributed by atoms with E-state index in [0.717, 1.165) is 38.1 Å². The van der Waals surface area contributed by atoms with E-state index in [2.05, 4.69) is 20.3 Å². The summed E-state index contributed by atoms with van der Waals surface area (Å²) in [6, 6.07) is 3.60. The van der Waals surface area contributed by atoms with E-state index >= 15 is 0 Å². The van der Waals surface area contributed by atoms with E-state index in [1.165, 1.54) is 13.3 Å². The molecule has 25 heavy (non-hydrogen) atoms. The summed E-state index contributed by atoms with van der Waals surface area (Å²) < 4.78 is 23.4. The molecule has 2 aromatic rings. The lowest BCUT2D eigenvalue weighted by molar-refractivity contribution is 0.0884. The first-order valence-corrected chi connectivity index (χ1v) is 8.09. The Morgan fingerprint density at radius 1 is 1.12 bits per heavy atom. The highest BCUT2D eigenvalue weighted by Crippen LogP contribution is 2.22. The zero-order valence-electron chi connectivity index (χ0n) is 13.8. The smallest absolute Gasteiger partial charge is 0.316 e. The van der Waals surface area contributed by atoms with Crippen LogP contribution >= 0.6 is 0 Å². The minimum Gasteiger partial charge on any atom is -0.481 e. The van der Waals surface area contributed by atoms with Crippen LogP contribution in [0.15, 0.2) is 30.7 Å². The second kappa shape index (κ2) is 7.87. The highest BCUT2D eigenvalue weighted by atomic mass is 19.1. The van der Waals surface area contributed by atoms with Crippen molar-refractivity contribution >= 4 is 5.91 Å². The van der Waals surface area contributed by atoms with Crippen LogP contribution in [0.3, 0.4) is 0 Å². The summed E-state index contributed by atoms with van der Waals surface area (Å²) in [7, 11) is 1.53. The molecule has 1 fully saturated rings. The molecule has 0 unspecified atom stereocenters. The normalized spacial score (nSPS) is 19.9. The minimum atomic E-state index is -0.494. The van der Waals surface area contributed by atoms with E-state index in [4.69, 9.17) is 9.47 Å². The molecule has 8 heteroatoms. The summed E-state index contributed by atoms with van der Waals surface area (Å²) in [5.41, 5.74) is 0.499. The fourth-order valence-corrected chi connectivity index (χ4v) is 2.74. The number of methoxy groups -OCH3 is 1. The molecule has 0 radical (unpaired) electrons. The van der Waals surface area contributed by atoms with Crippen LogP contribution in [0.4, 0.5) is 4.39 Å². The highest BCUT2D eigenvalue weighted by molar-refractivity contribution is 5.94. The number of pyridine rings is 1. The summed E-state index contributed by atoms with van der Waals surface area (Å²) in [5, 5.41) is 3.01. The van der Waals surface area contributed by atoms with Gasteiger partial charge in [0.25, 0.3) is 5.91 Å². The van der Waals surface area contributed by atoms with Gasteiger partial charge in [-0.1, -0.05) is 0 Å². The van der Waals surface area contributed by atoms with Crippen molar-refractivity contribution in [3.63, 3.8) is 0 Å². The molecule has 1 N–H and O–H groups in total. The summed E-state index contributed by atoms with van der Waals surface area (Å²) in [4.78, 5) is 23.9. The molecule has 0 atom stereocenters. The van der Waals surface area contributed by atoms with E-state index in [1.54, 1.807) is 12.1 Å². The lowest BCUT2D eigenvalue weighted by Crippen LogP contribution is -2.39. The molecular formula is C17H19FN4O3. The van der Waals surface area contributed by atoms with Gasteiger partial charge < -0.3 is 14.8 Å². The number of carbonyl (C=O) groups is 1. The van der Waals surface area contributed by atoms with Gasteiger partial charge in [0.2, 0.25) is 5.88 Å². The fraction of sp³-hybridized carbons (Fsp3) is 0.412. The number of nitrogens with one attached hydrogen (secondary N) is 1. The third kappa shape index (κ3) is 4.62. The molecule has 0 spiro atoms. The lowest BCUT2D eigenvalue weighted by Gasteiger charge is -2.28. The minimum absolute atomic E-state index is 0.0266. The Labute approximate surface area is 144 Å². The van der Waals surface area contributed by atoms with Gasteiger partial charge in [-0.3, -0.25) is 4.79 Å². The van der Waals surface area contributed by atoms with E-state index in [1.807, 2.05) is 0 Å². The van der Waals surface area contributed by atoms with Crippen molar-refractivity contribution in [2.24, 2.45) is 0 Å². The number of nitrogens with zero attached hydrogens (tertiary/aromatic N) is 3. The van der Waals surface area contributed by atoms with Crippen LogP contribution in [-0.4, -0.2) is 40.1 Å². The van der Waals surface area contributed by atoms with Gasteiger partial charge in [0.1, 0.15) is 6.10 Å². The van der Waals surface area contributed by atoms with Gasteiger partial charge in [-0.25, -0.2) is 19.3 Å². The molecule has 0 saturated heterocycles. The van der Waals surface area contributed by atoms with Crippen molar-refractivity contribution in [1.82, 2.24) is 20.3 Å². The Hall–Kier alpha value is -2.77. The highest BCUT2D eigenvalue weighted by Gasteiger charge is 2.24. The molecule has 1 aliphatic carbocycles. The molecule has 132 valence electrons. The Morgan fingerprint density at radius 2 is 1.84 bits per heavy atom. The van der Waals surface area contributed by atoms with Crippen LogP contribution in [0.2, 0.25) is 0 Å². The third-order valence-corrected chi connectivity index (χ3v) is 4.09. The second-order valence-corrected chi connectivity index (χ2v) is 5.84. The average Bonchev–Trinajstić information content (AvgIpc) is 2.65. The zero-order chi connectivity index (χ0) is 17.6. The SMILES string of the molecule is COc1ccc(C(=O)NC2CCC(Oc3ncc(F)cn3)CC2)cn1. The molecule has 1 aliphatic rings. The number of amides is 1. The van der Waals surface area contributed by atoms with Crippen molar-refractivity contribution in [2.75, 3.05) is 7.11 Å². The molecule has 0 aliphatic heterocycles. The number of ether oxygens (including phenoxy) is 2. The topological polar surface area (TPSA) is 86.2 Å². The van der Waals surface area contributed by atoms with Crippen LogP contribution in [-0.2, 0) is 0 Å². The predicted molar refractivity (Wildman–Crippen MR) is 86.9 cm³/mol. The molecule has 3 rings (SSSR count). The third-order valence-electron chi connectivity index (χ3n) is 4.09. The van der Waals surface area contributed by atoms with Gasteiger partial charge in [0, 0.05) is 18.3 Å². The van der Waals surface area contributed by atoms with Crippen molar-refractivity contribution in [2.45, 2.75) is 37.8 Å². The van der Waals surface area contributed by atoms with Crippen molar-refractivity contribution in [3.05, 3.63) is 42.1 Å². The van der Waals surface area contributed by atoms with Crippen molar-refractivity contribution < 1.29 is 18.7 Å². The van der Waals surface area contributed by atoms with Gasteiger partial charge in [-0.15, -0.1) is 0 Å². The Bertz CT molecular complexity index is 701. The summed E-state index contributed by atoms with van der Waals surface area (Å²) in [6.07, 6.45) is 6.76. The van der Waals surface area contributed by atoms with E-state index < -0.39 is 5.82 Å². The van der Waals surface area contributed by atoms with Gasteiger partial charge in [-0.05, 0) is 31.7 Å². The summed E-state index contributed by atoms with van der Waals surface area (Å²) >= 11 is 0. The van der Waals surface area contributed by atoms with Crippen LogP contribution in [0.25, 0.3) is 0 Å². The quantitative estimate of drug-likeness (QED) is 0.893. The number of hydrogen-bond acceptors (Lipinski definition) is 6. The Kier molecular flexibility index (Phi) is 5.37. The molecule has 1 saturated carbocycles. The molecule has 0 bridgehead atoms. The van der Waals surface area contributed by atoms with Crippen LogP contribution in [0.5, 0.6) is 11.9 Å². The van der Waals surface area contributed by atoms with Crippen LogP contribution in [0, 0.1) is 5.82 Å². The van der Waals surface area contributed by atoms with Gasteiger partial charge >= 0.3 is 6.01 Å². The molecule has 7 nitrogen and oxygen atoms in total. The molecule has 2 aromatic heterocycles. The number of halogens is 1. The van der Waals surface area contributed by atoms with Gasteiger partial charge in [0.15, 0.2) is 5.82 Å². The first-order chi connectivity index (χ1) is 12.1. The Balaban J connectivity index is 1.46. The first-order valence-electron chi connectivity index (χ1n) is 8.09. The van der Waals surface area contributed by atoms with E-state index in [-0.39, 0.29) is 24.1 Å². The standard InChI is InChI=1S/C17H19FN4O3/c1-24-15-7-2-11(8-19-15)16(23)22-13-3-5-14(6-4-13)25-17-20-9-12(18)10-21-17/h2,7-10,13-14H,3-6H2,1H3,(H,22,23). The molecule has 1 amide bonds. The maximum Gasteiger partial charge on any atom is 0.316 e.